The molecule has 0 amide bonds. The highest BCUT2D eigenvalue weighted by molar-refractivity contribution is 7.13. The summed E-state index contributed by atoms with van der Waals surface area (Å²) in [5.74, 6) is -0.629. The summed E-state index contributed by atoms with van der Waals surface area (Å²) in [6.07, 6.45) is 0. The van der Waals surface area contributed by atoms with Crippen LogP contribution in [0.15, 0.2) is 47.8 Å². The second-order valence-corrected chi connectivity index (χ2v) is 5.11. The molecule has 0 spiro atoms. The van der Waals surface area contributed by atoms with Gasteiger partial charge in [0.15, 0.2) is 11.5 Å². The number of thiazole rings is 1. The van der Waals surface area contributed by atoms with Crippen molar-refractivity contribution in [1.29, 1.82) is 0 Å². The van der Waals surface area contributed by atoms with Gasteiger partial charge in [0, 0.05) is 16.5 Å². The summed E-state index contributed by atoms with van der Waals surface area (Å²) in [6, 6.07) is 10.7. The number of nitrogens with zero attached hydrogens (tertiary/aromatic N) is 1. The Kier molecular flexibility index (Phi) is 3.12. The summed E-state index contributed by atoms with van der Waals surface area (Å²) >= 11 is 1.44. The van der Waals surface area contributed by atoms with Crippen LogP contribution in [0.2, 0.25) is 0 Å². The van der Waals surface area contributed by atoms with Gasteiger partial charge in [-0.2, -0.15) is 0 Å². The van der Waals surface area contributed by atoms with Crippen molar-refractivity contribution in [3.05, 3.63) is 53.7 Å². The number of aromatic nitrogens is 1. The number of aromatic hydroxyl groups is 2. The Bertz CT molecular complexity index is 753. The highest BCUT2D eigenvalue weighted by Crippen LogP contribution is 2.33. The molecule has 0 aliphatic heterocycles. The predicted octanol–water partition coefficient (Wildman–Crippen LogP) is 4.03. The minimum atomic E-state index is -0.283. The molecule has 1 heterocycles. The van der Waals surface area contributed by atoms with Crippen LogP contribution in [-0.4, -0.2) is 15.2 Å². The molecule has 0 atom stereocenters. The SMILES string of the molecule is Oc1ccc(-c2csc(-c3ccc(F)cc3)n2)cc1O. The molecule has 1 aromatic heterocycles. The monoisotopic (exact) mass is 287 g/mol. The molecule has 2 aromatic carbocycles. The number of halogens is 1. The first-order valence-electron chi connectivity index (χ1n) is 5.87. The van der Waals surface area contributed by atoms with Crippen molar-refractivity contribution in [2.75, 3.05) is 0 Å². The van der Waals surface area contributed by atoms with Crippen LogP contribution in [0.1, 0.15) is 0 Å². The van der Waals surface area contributed by atoms with E-state index in [9.17, 15) is 14.6 Å². The third kappa shape index (κ3) is 2.35. The van der Waals surface area contributed by atoms with Gasteiger partial charge < -0.3 is 10.2 Å². The molecular formula is C15H10FNO2S. The van der Waals surface area contributed by atoms with Crippen molar-refractivity contribution >= 4 is 11.3 Å². The lowest BCUT2D eigenvalue weighted by molar-refractivity contribution is 0.404. The summed E-state index contributed by atoms with van der Waals surface area (Å²) in [7, 11) is 0. The maximum Gasteiger partial charge on any atom is 0.158 e. The van der Waals surface area contributed by atoms with E-state index < -0.39 is 0 Å². The Labute approximate surface area is 118 Å². The van der Waals surface area contributed by atoms with Crippen LogP contribution in [0.4, 0.5) is 4.39 Å². The summed E-state index contributed by atoms with van der Waals surface area (Å²) in [5, 5.41) is 21.4. The van der Waals surface area contributed by atoms with Crippen molar-refractivity contribution in [2.24, 2.45) is 0 Å². The third-order valence-corrected chi connectivity index (χ3v) is 3.76. The molecule has 0 aliphatic rings. The molecule has 100 valence electrons. The number of benzene rings is 2. The van der Waals surface area contributed by atoms with E-state index in [0.29, 0.717) is 11.3 Å². The van der Waals surface area contributed by atoms with Crippen LogP contribution in [0.25, 0.3) is 21.8 Å². The Morgan fingerprint density at radius 1 is 0.900 bits per heavy atom. The van der Waals surface area contributed by atoms with Gasteiger partial charge in [-0.1, -0.05) is 0 Å². The third-order valence-electron chi connectivity index (χ3n) is 2.87. The molecule has 5 heteroatoms. The van der Waals surface area contributed by atoms with Gasteiger partial charge in [-0.3, -0.25) is 0 Å². The molecule has 3 aromatic rings. The Balaban J connectivity index is 1.97. The van der Waals surface area contributed by atoms with Crippen molar-refractivity contribution in [3.8, 4) is 33.3 Å². The quantitative estimate of drug-likeness (QED) is 0.700. The van der Waals surface area contributed by atoms with Gasteiger partial charge in [0.2, 0.25) is 0 Å². The van der Waals surface area contributed by atoms with Crippen molar-refractivity contribution in [3.63, 3.8) is 0 Å². The first-order chi connectivity index (χ1) is 9.63. The minimum Gasteiger partial charge on any atom is -0.504 e. The average Bonchev–Trinajstić information content (AvgIpc) is 2.92. The highest BCUT2D eigenvalue weighted by atomic mass is 32.1. The molecule has 0 unspecified atom stereocenters. The van der Waals surface area contributed by atoms with Gasteiger partial charge in [0.25, 0.3) is 0 Å². The predicted molar refractivity (Wildman–Crippen MR) is 76.3 cm³/mol. The van der Waals surface area contributed by atoms with E-state index in [1.807, 2.05) is 5.38 Å². The van der Waals surface area contributed by atoms with Gasteiger partial charge >= 0.3 is 0 Å². The molecule has 3 rings (SSSR count). The summed E-state index contributed by atoms with van der Waals surface area (Å²) in [6.45, 7) is 0. The Morgan fingerprint density at radius 3 is 2.30 bits per heavy atom. The summed E-state index contributed by atoms with van der Waals surface area (Å²) in [5.41, 5.74) is 2.25. The molecule has 0 saturated carbocycles. The molecule has 0 bridgehead atoms. The number of phenolic OH excluding ortho intramolecular Hbond substituents is 2. The van der Waals surface area contributed by atoms with Gasteiger partial charge in [-0.05, 0) is 42.5 Å². The van der Waals surface area contributed by atoms with Crippen molar-refractivity contribution in [2.45, 2.75) is 0 Å². The van der Waals surface area contributed by atoms with E-state index in [1.165, 1.54) is 35.6 Å². The zero-order chi connectivity index (χ0) is 14.1. The number of hydrogen-bond acceptors (Lipinski definition) is 4. The second-order valence-electron chi connectivity index (χ2n) is 4.25. The number of hydrogen-bond donors (Lipinski definition) is 2. The van der Waals surface area contributed by atoms with Crippen LogP contribution in [0.5, 0.6) is 11.5 Å². The maximum absolute atomic E-state index is 12.9. The first-order valence-corrected chi connectivity index (χ1v) is 6.75. The van der Waals surface area contributed by atoms with E-state index in [-0.39, 0.29) is 17.3 Å². The lowest BCUT2D eigenvalue weighted by atomic mass is 10.1. The van der Waals surface area contributed by atoms with Crippen LogP contribution in [-0.2, 0) is 0 Å². The first kappa shape index (κ1) is 12.6. The fourth-order valence-corrected chi connectivity index (χ4v) is 2.65. The smallest absolute Gasteiger partial charge is 0.158 e. The van der Waals surface area contributed by atoms with Crippen molar-refractivity contribution < 1.29 is 14.6 Å². The molecule has 2 N–H and O–H groups in total. The van der Waals surface area contributed by atoms with Gasteiger partial charge in [0.05, 0.1) is 5.69 Å². The fourth-order valence-electron chi connectivity index (χ4n) is 1.81. The molecule has 0 aliphatic carbocycles. The fraction of sp³-hybridized carbons (Fsp3) is 0. The standard InChI is InChI=1S/C15H10FNO2S/c16-11-4-1-9(2-5-11)15-17-12(8-20-15)10-3-6-13(18)14(19)7-10/h1-8,18-19H. The van der Waals surface area contributed by atoms with E-state index >= 15 is 0 Å². The lowest BCUT2D eigenvalue weighted by Gasteiger charge is -2.00. The second kappa shape index (κ2) is 4.94. The molecule has 0 fully saturated rings. The Morgan fingerprint density at radius 2 is 1.60 bits per heavy atom. The zero-order valence-electron chi connectivity index (χ0n) is 10.2. The molecule has 20 heavy (non-hydrogen) atoms. The normalized spacial score (nSPS) is 10.7. The maximum atomic E-state index is 12.9. The zero-order valence-corrected chi connectivity index (χ0v) is 11.1. The summed E-state index contributed by atoms with van der Waals surface area (Å²) in [4.78, 5) is 4.45. The van der Waals surface area contributed by atoms with Crippen LogP contribution < -0.4 is 0 Å². The van der Waals surface area contributed by atoms with Crippen LogP contribution in [0.3, 0.4) is 0 Å². The van der Waals surface area contributed by atoms with Gasteiger partial charge in [-0.15, -0.1) is 11.3 Å². The van der Waals surface area contributed by atoms with Crippen molar-refractivity contribution in [1.82, 2.24) is 4.98 Å². The average molecular weight is 287 g/mol. The highest BCUT2D eigenvalue weighted by Gasteiger charge is 2.09. The van der Waals surface area contributed by atoms with Crippen LogP contribution in [0, 0.1) is 5.82 Å². The molecular weight excluding hydrogens is 277 g/mol. The Hall–Kier alpha value is -2.40. The van der Waals surface area contributed by atoms with E-state index in [1.54, 1.807) is 18.2 Å². The topological polar surface area (TPSA) is 53.4 Å². The van der Waals surface area contributed by atoms with E-state index in [2.05, 4.69) is 4.98 Å². The van der Waals surface area contributed by atoms with Gasteiger partial charge in [-0.25, -0.2) is 9.37 Å². The largest absolute Gasteiger partial charge is 0.504 e. The molecule has 3 nitrogen and oxygen atoms in total. The number of phenols is 2. The lowest BCUT2D eigenvalue weighted by Crippen LogP contribution is -1.80. The van der Waals surface area contributed by atoms with E-state index in [0.717, 1.165) is 10.6 Å². The summed E-state index contributed by atoms with van der Waals surface area (Å²) < 4.78 is 12.9. The van der Waals surface area contributed by atoms with E-state index in [4.69, 9.17) is 0 Å². The molecule has 0 saturated heterocycles. The minimum absolute atomic E-state index is 0.164. The number of rotatable bonds is 2. The van der Waals surface area contributed by atoms with Gasteiger partial charge in [0.1, 0.15) is 10.8 Å². The van der Waals surface area contributed by atoms with Crippen LogP contribution >= 0.6 is 11.3 Å². The molecule has 0 radical (unpaired) electrons.